The van der Waals surface area contributed by atoms with Gasteiger partial charge in [0.05, 0.1) is 18.7 Å². The second-order valence-corrected chi connectivity index (χ2v) is 16.9. The van der Waals surface area contributed by atoms with Crippen molar-refractivity contribution in [3.8, 4) is 34.4 Å². The summed E-state index contributed by atoms with van der Waals surface area (Å²) in [5, 5.41) is 12.1. The first-order valence-electron chi connectivity index (χ1n) is 22.3. The summed E-state index contributed by atoms with van der Waals surface area (Å²) in [5.74, 6) is -1.64. The first-order valence-corrected chi connectivity index (χ1v) is 22.3. The van der Waals surface area contributed by atoms with Gasteiger partial charge in [-0.15, -0.1) is 0 Å². The van der Waals surface area contributed by atoms with Crippen LogP contribution in [0.2, 0.25) is 0 Å². The van der Waals surface area contributed by atoms with E-state index in [-0.39, 0.29) is 82.9 Å². The van der Waals surface area contributed by atoms with E-state index in [1.807, 2.05) is 25.1 Å². The van der Waals surface area contributed by atoms with E-state index in [1.54, 1.807) is 49.4 Å². The molecular formula is C49H64N6O8. The second-order valence-electron chi connectivity index (χ2n) is 16.9. The predicted octanol–water partition coefficient (Wildman–Crippen LogP) is 5.54. The summed E-state index contributed by atoms with van der Waals surface area (Å²) in [6.07, 6.45) is 5.80. The Morgan fingerprint density at radius 1 is 0.873 bits per heavy atom. The Balaban J connectivity index is 1.53. The summed E-state index contributed by atoms with van der Waals surface area (Å²) in [6, 6.07) is 15.8. The Hall–Kier alpha value is -5.62. The average molecular weight is 865 g/mol. The van der Waals surface area contributed by atoms with Crippen LogP contribution in [-0.2, 0) is 25.6 Å². The molecule has 3 aromatic carbocycles. The van der Waals surface area contributed by atoms with E-state index >= 15 is 0 Å². The predicted molar refractivity (Wildman–Crippen MR) is 240 cm³/mol. The molecule has 1 heterocycles. The van der Waals surface area contributed by atoms with Crippen LogP contribution in [0.15, 0.2) is 54.6 Å². The Morgan fingerprint density at radius 3 is 2.21 bits per heavy atom. The Bertz CT molecular complexity index is 2130. The summed E-state index contributed by atoms with van der Waals surface area (Å²) in [7, 11) is 1.52. The maximum absolute atomic E-state index is 14.7. The molecule has 1 fully saturated rings. The molecule has 0 unspecified atom stereocenters. The third kappa shape index (κ3) is 13.0. The molecule has 2 aliphatic rings. The summed E-state index contributed by atoms with van der Waals surface area (Å²) in [6.45, 7) is 5.01. The van der Waals surface area contributed by atoms with Gasteiger partial charge in [0, 0.05) is 74.3 Å². The van der Waals surface area contributed by atoms with Gasteiger partial charge < -0.3 is 41.6 Å². The molecule has 7 N–H and O–H groups in total. The molecule has 3 aromatic rings. The lowest BCUT2D eigenvalue weighted by Crippen LogP contribution is -2.46. The van der Waals surface area contributed by atoms with E-state index < -0.39 is 41.5 Å². The summed E-state index contributed by atoms with van der Waals surface area (Å²) in [4.78, 5) is 71.9. The van der Waals surface area contributed by atoms with Crippen molar-refractivity contribution in [2.45, 2.75) is 96.6 Å². The van der Waals surface area contributed by atoms with Crippen LogP contribution in [0.3, 0.4) is 0 Å². The van der Waals surface area contributed by atoms with Gasteiger partial charge in [0.1, 0.15) is 36.5 Å². The quantitative estimate of drug-likeness (QED) is 0.109. The normalized spacial score (nSPS) is 18.6. The van der Waals surface area contributed by atoms with Crippen LogP contribution >= 0.6 is 0 Å². The highest BCUT2D eigenvalue weighted by Gasteiger charge is 2.36. The van der Waals surface area contributed by atoms with Crippen LogP contribution in [-0.4, -0.2) is 86.6 Å². The number of nitrogens with two attached hydrogens (primary N) is 3. The van der Waals surface area contributed by atoms with Crippen molar-refractivity contribution in [1.82, 2.24) is 10.2 Å². The van der Waals surface area contributed by atoms with Crippen molar-refractivity contribution in [3.63, 3.8) is 0 Å². The van der Waals surface area contributed by atoms with E-state index in [0.717, 1.165) is 18.4 Å². The van der Waals surface area contributed by atoms with Crippen LogP contribution < -0.4 is 36.7 Å². The van der Waals surface area contributed by atoms with E-state index in [9.17, 15) is 29.2 Å². The highest BCUT2D eigenvalue weighted by Crippen LogP contribution is 2.41. The topological polar surface area (TPSA) is 230 Å². The SMILES string of the molecule is Cc1cc(OCC2CCCCC2)ccc1C(=O)C[C@@H](CCN)C(=O)N(C)[C@@H]1C(=O)C[C@@H](C)C(=O)N[C@H](C(=O)CCC#N)Cc2ccc(OCCN)c(c2)-c2cc1ccc2OCCN. The number of nitriles is 1. The number of rotatable bonds is 19. The van der Waals surface area contributed by atoms with E-state index in [2.05, 4.69) is 5.32 Å². The number of likely N-dealkylation sites (N-methyl/N-ethyl adjacent to an activating group) is 1. The zero-order chi connectivity index (χ0) is 45.5. The number of carbonyl (C=O) groups is 5. The minimum atomic E-state index is -1.21. The van der Waals surface area contributed by atoms with Gasteiger partial charge in [0.15, 0.2) is 17.3 Å². The first kappa shape index (κ1) is 48.4. The minimum Gasteiger partial charge on any atom is -0.493 e. The largest absolute Gasteiger partial charge is 0.493 e. The molecule has 0 aromatic heterocycles. The molecule has 4 bridgehead atoms. The molecule has 0 radical (unpaired) electrons. The number of ketones is 3. The molecular weight excluding hydrogens is 801 g/mol. The van der Waals surface area contributed by atoms with E-state index in [1.165, 1.54) is 31.2 Å². The van der Waals surface area contributed by atoms with Crippen LogP contribution in [0.25, 0.3) is 11.1 Å². The van der Waals surface area contributed by atoms with Crippen molar-refractivity contribution in [1.29, 1.82) is 5.26 Å². The number of hydrogen-bond acceptors (Lipinski definition) is 12. The Morgan fingerprint density at radius 2 is 1.56 bits per heavy atom. The maximum Gasteiger partial charge on any atom is 0.226 e. The number of benzene rings is 3. The molecule has 14 nitrogen and oxygen atoms in total. The first-order chi connectivity index (χ1) is 30.4. The highest BCUT2D eigenvalue weighted by molar-refractivity contribution is 6.01. The smallest absolute Gasteiger partial charge is 0.226 e. The standard InChI is InChI=1S/C49H64N6O8/c1-31-24-37(63-30-33-8-5-4-6-9-33)13-14-38(31)43(57)29-36(17-19-51)49(60)55(3)47-35-12-16-46(62-23-21-53)40(28-35)39-26-34(11-15-45(39)61-22-20-52)27-41(42(56)10-7-18-50)54-48(59)32(2)25-44(47)58/h11-16,24,26,28,32-33,36,41,47H,4-10,17,19-23,25,27,29-30,51-53H2,1-3H3,(H,54,59)/t32-,36-,41+,47+/m1/s1. The van der Waals surface area contributed by atoms with Gasteiger partial charge in [-0.05, 0) is 104 Å². The van der Waals surface area contributed by atoms with Gasteiger partial charge in [-0.3, -0.25) is 24.0 Å². The molecule has 14 heteroatoms. The number of fused-ring (bicyclic) bond motifs is 5. The Labute approximate surface area is 371 Å². The van der Waals surface area contributed by atoms with Gasteiger partial charge >= 0.3 is 0 Å². The Kier molecular flexibility index (Phi) is 18.2. The number of ether oxygens (including phenoxy) is 3. The fraction of sp³-hybridized carbons (Fsp3) is 0.510. The average Bonchev–Trinajstić information content (AvgIpc) is 3.28. The molecule has 0 saturated heterocycles. The van der Waals surface area contributed by atoms with Crippen molar-refractivity contribution in [3.05, 3.63) is 76.9 Å². The van der Waals surface area contributed by atoms with Crippen LogP contribution in [0.4, 0.5) is 0 Å². The minimum absolute atomic E-state index is 0.0228. The third-order valence-electron chi connectivity index (χ3n) is 12.0. The number of nitrogens with one attached hydrogen (secondary N) is 1. The zero-order valence-corrected chi connectivity index (χ0v) is 37.0. The second kappa shape index (κ2) is 23.7. The lowest BCUT2D eigenvalue weighted by Gasteiger charge is -2.32. The van der Waals surface area contributed by atoms with Gasteiger partial charge in [-0.1, -0.05) is 38.3 Å². The molecule has 4 atom stereocenters. The third-order valence-corrected chi connectivity index (χ3v) is 12.0. The fourth-order valence-corrected chi connectivity index (χ4v) is 8.58. The summed E-state index contributed by atoms with van der Waals surface area (Å²) in [5.41, 5.74) is 21.2. The van der Waals surface area contributed by atoms with Crippen LogP contribution in [0, 0.1) is 36.0 Å². The zero-order valence-electron chi connectivity index (χ0n) is 37.0. The van der Waals surface area contributed by atoms with E-state index in [4.69, 9.17) is 31.4 Å². The number of Topliss-reactive ketones (excluding diaryl/α,β-unsaturated/α-hetero) is 3. The van der Waals surface area contributed by atoms with Gasteiger partial charge in [0.2, 0.25) is 11.8 Å². The van der Waals surface area contributed by atoms with Crippen molar-refractivity contribution >= 4 is 29.2 Å². The molecule has 1 aliphatic carbocycles. The lowest BCUT2D eigenvalue weighted by atomic mass is 9.88. The number of carbonyl (C=O) groups excluding carboxylic acids is 5. The van der Waals surface area contributed by atoms with Gasteiger partial charge in [-0.25, -0.2) is 0 Å². The molecule has 0 spiro atoms. The molecule has 5 rings (SSSR count). The number of hydrogen-bond donors (Lipinski definition) is 4. The van der Waals surface area contributed by atoms with E-state index in [0.29, 0.717) is 57.6 Å². The fourth-order valence-electron chi connectivity index (χ4n) is 8.58. The molecule has 2 amide bonds. The van der Waals surface area contributed by atoms with Crippen molar-refractivity contribution < 1.29 is 38.2 Å². The number of nitrogens with zero attached hydrogens (tertiary/aromatic N) is 2. The van der Waals surface area contributed by atoms with Crippen molar-refractivity contribution in [2.75, 3.05) is 46.5 Å². The van der Waals surface area contributed by atoms with Gasteiger partial charge in [0.25, 0.3) is 0 Å². The number of aryl methyl sites for hydroxylation is 1. The molecule has 338 valence electrons. The summed E-state index contributed by atoms with van der Waals surface area (Å²) >= 11 is 0. The van der Waals surface area contributed by atoms with Gasteiger partial charge in [-0.2, -0.15) is 5.26 Å². The maximum atomic E-state index is 14.7. The molecule has 63 heavy (non-hydrogen) atoms. The van der Waals surface area contributed by atoms with Crippen LogP contribution in [0.5, 0.6) is 17.2 Å². The lowest BCUT2D eigenvalue weighted by molar-refractivity contribution is -0.142. The summed E-state index contributed by atoms with van der Waals surface area (Å²) < 4.78 is 18.4. The molecule has 1 saturated carbocycles. The van der Waals surface area contributed by atoms with Crippen LogP contribution in [0.1, 0.15) is 104 Å². The monoisotopic (exact) mass is 864 g/mol. The highest BCUT2D eigenvalue weighted by atomic mass is 16.5. The molecule has 1 aliphatic heterocycles. The van der Waals surface area contributed by atoms with Crippen molar-refractivity contribution in [2.24, 2.45) is 35.0 Å². The number of amides is 2.